The molecule has 0 bridgehead atoms. The van der Waals surface area contributed by atoms with Crippen LogP contribution in [0.4, 0.5) is 28.9 Å². The van der Waals surface area contributed by atoms with E-state index in [1.165, 1.54) is 12.3 Å². The highest BCUT2D eigenvalue weighted by atomic mass is 19.4. The van der Waals surface area contributed by atoms with Gasteiger partial charge in [0.05, 0.1) is 24.0 Å². The quantitative estimate of drug-likeness (QED) is 0.484. The van der Waals surface area contributed by atoms with Crippen molar-refractivity contribution in [2.45, 2.75) is 12.3 Å². The third-order valence-electron chi connectivity index (χ3n) is 4.72. The maximum Gasteiger partial charge on any atom is 0.416 e. The van der Waals surface area contributed by atoms with Crippen molar-refractivity contribution < 1.29 is 27.2 Å². The summed E-state index contributed by atoms with van der Waals surface area (Å²) in [6.07, 6.45) is -3.48. The van der Waals surface area contributed by atoms with Crippen molar-refractivity contribution in [3.8, 4) is 0 Å². The summed E-state index contributed by atoms with van der Waals surface area (Å²) < 4.78 is 53.3. The summed E-state index contributed by atoms with van der Waals surface area (Å²) in [5.41, 5.74) is -1.75. The number of alkyl halides is 3. The third-order valence-corrected chi connectivity index (χ3v) is 4.72. The Morgan fingerprint density at radius 1 is 1.19 bits per heavy atom. The minimum absolute atomic E-state index is 0.0807. The van der Waals surface area contributed by atoms with E-state index in [9.17, 15) is 32.1 Å². The van der Waals surface area contributed by atoms with Crippen LogP contribution in [0.5, 0.6) is 0 Å². The van der Waals surface area contributed by atoms with E-state index in [-0.39, 0.29) is 23.6 Å². The number of rotatable bonds is 4. The fourth-order valence-electron chi connectivity index (χ4n) is 3.21. The van der Waals surface area contributed by atoms with E-state index in [1.54, 1.807) is 0 Å². The molecule has 1 aliphatic rings. The summed E-state index contributed by atoms with van der Waals surface area (Å²) in [6.45, 7) is -0.287. The molecule has 1 aliphatic heterocycles. The number of amides is 2. The van der Waals surface area contributed by atoms with Gasteiger partial charge in [-0.2, -0.15) is 18.3 Å². The molecule has 4 rings (SSSR count). The number of nitrogens with one attached hydrogen (secondary N) is 1. The molecule has 1 atom stereocenters. The van der Waals surface area contributed by atoms with Crippen molar-refractivity contribution in [1.82, 2.24) is 14.8 Å². The predicted octanol–water partition coefficient (Wildman–Crippen LogP) is 3.61. The SMILES string of the molecule is O=N[C@H]1CN(c2ccc(C(F)(F)F)cc2)C(=O)c2c(NC(=O)c3ncccc3F)cnn21. The van der Waals surface area contributed by atoms with Crippen molar-refractivity contribution >= 4 is 23.2 Å². The number of nitrogens with zero attached hydrogens (tertiary/aromatic N) is 5. The highest BCUT2D eigenvalue weighted by molar-refractivity contribution is 6.12. The Bertz CT molecular complexity index is 1210. The Labute approximate surface area is 176 Å². The van der Waals surface area contributed by atoms with E-state index in [4.69, 9.17) is 0 Å². The van der Waals surface area contributed by atoms with E-state index >= 15 is 0 Å². The lowest BCUT2D eigenvalue weighted by Gasteiger charge is -2.30. The van der Waals surface area contributed by atoms with Crippen molar-refractivity contribution in [1.29, 1.82) is 0 Å². The number of carbonyl (C=O) groups excluding carboxylic acids is 2. The van der Waals surface area contributed by atoms with Crippen molar-refractivity contribution in [3.05, 3.63) is 76.5 Å². The van der Waals surface area contributed by atoms with Crippen LogP contribution < -0.4 is 10.2 Å². The summed E-state index contributed by atoms with van der Waals surface area (Å²) in [5.74, 6) is -2.61. The van der Waals surface area contributed by atoms with Crippen LogP contribution in [0.3, 0.4) is 0 Å². The van der Waals surface area contributed by atoms with Gasteiger partial charge in [-0.3, -0.25) is 9.59 Å². The first-order valence-electron chi connectivity index (χ1n) is 9.01. The number of benzene rings is 1. The first-order valence-corrected chi connectivity index (χ1v) is 9.01. The van der Waals surface area contributed by atoms with Gasteiger partial charge < -0.3 is 10.2 Å². The molecular formula is C19H12F4N6O3. The van der Waals surface area contributed by atoms with Gasteiger partial charge in [0, 0.05) is 11.9 Å². The Hall–Kier alpha value is -4.16. The zero-order valence-electron chi connectivity index (χ0n) is 15.9. The fraction of sp³-hybridized carbons (Fsp3) is 0.158. The van der Waals surface area contributed by atoms with Crippen LogP contribution in [0.15, 0.2) is 54.0 Å². The molecule has 0 saturated heterocycles. The van der Waals surface area contributed by atoms with E-state index in [0.29, 0.717) is 0 Å². The standard InChI is InChI=1S/C19H12F4N6O3/c20-12-2-1-7-24-15(12)17(30)26-13-8-25-29-14(27-32)9-28(18(31)16(13)29)11-5-3-10(4-6-11)19(21,22)23/h1-8,14H,9H2,(H,26,30)/t14-/m1/s1. The number of carbonyl (C=O) groups is 2. The molecule has 0 radical (unpaired) electrons. The number of halogens is 4. The lowest BCUT2D eigenvalue weighted by atomic mass is 10.1. The third kappa shape index (κ3) is 3.68. The second kappa shape index (κ2) is 7.83. The Balaban J connectivity index is 1.68. The molecule has 2 aromatic heterocycles. The lowest BCUT2D eigenvalue weighted by molar-refractivity contribution is -0.137. The molecule has 0 unspecified atom stereocenters. The van der Waals surface area contributed by atoms with Gasteiger partial charge in [0.2, 0.25) is 6.17 Å². The van der Waals surface area contributed by atoms with Gasteiger partial charge >= 0.3 is 6.18 Å². The first kappa shape index (κ1) is 21.1. The summed E-state index contributed by atoms with van der Waals surface area (Å²) in [6, 6.07) is 6.07. The van der Waals surface area contributed by atoms with Crippen molar-refractivity contribution in [2.24, 2.45) is 5.18 Å². The molecule has 32 heavy (non-hydrogen) atoms. The number of hydrogen-bond acceptors (Lipinski definition) is 6. The van der Waals surface area contributed by atoms with E-state index in [0.717, 1.165) is 46.1 Å². The van der Waals surface area contributed by atoms with Gasteiger partial charge in [0.1, 0.15) is 0 Å². The van der Waals surface area contributed by atoms with Gasteiger partial charge in [-0.25, -0.2) is 14.1 Å². The van der Waals surface area contributed by atoms with E-state index in [2.05, 4.69) is 20.6 Å². The second-order valence-corrected chi connectivity index (χ2v) is 6.69. The predicted molar refractivity (Wildman–Crippen MR) is 102 cm³/mol. The van der Waals surface area contributed by atoms with Gasteiger partial charge in [0.25, 0.3) is 11.8 Å². The highest BCUT2D eigenvalue weighted by Crippen LogP contribution is 2.34. The number of hydrogen-bond donors (Lipinski definition) is 1. The molecule has 3 aromatic rings. The van der Waals surface area contributed by atoms with Crippen LogP contribution in [-0.2, 0) is 6.18 Å². The molecule has 0 aliphatic carbocycles. The van der Waals surface area contributed by atoms with Crippen LogP contribution in [0.25, 0.3) is 0 Å². The summed E-state index contributed by atoms with van der Waals surface area (Å²) in [5, 5.41) is 9.13. The van der Waals surface area contributed by atoms with Gasteiger partial charge in [-0.15, -0.1) is 4.91 Å². The van der Waals surface area contributed by atoms with Crippen molar-refractivity contribution in [3.63, 3.8) is 0 Å². The zero-order valence-corrected chi connectivity index (χ0v) is 15.9. The number of anilines is 2. The average molecular weight is 448 g/mol. The molecule has 1 aromatic carbocycles. The molecule has 3 heterocycles. The van der Waals surface area contributed by atoms with E-state index < -0.39 is 41.2 Å². The molecule has 0 saturated carbocycles. The molecule has 2 amide bonds. The maximum atomic E-state index is 13.8. The zero-order chi connectivity index (χ0) is 23.0. The van der Waals surface area contributed by atoms with Gasteiger partial charge in [-0.05, 0) is 41.6 Å². The molecular weight excluding hydrogens is 436 g/mol. The van der Waals surface area contributed by atoms with Gasteiger partial charge in [-0.1, -0.05) is 0 Å². The summed E-state index contributed by atoms with van der Waals surface area (Å²) in [7, 11) is 0. The van der Waals surface area contributed by atoms with E-state index in [1.807, 2.05) is 0 Å². The summed E-state index contributed by atoms with van der Waals surface area (Å²) >= 11 is 0. The average Bonchev–Trinajstić information content (AvgIpc) is 3.18. The van der Waals surface area contributed by atoms with Crippen LogP contribution in [0, 0.1) is 10.7 Å². The van der Waals surface area contributed by atoms with Crippen LogP contribution in [-0.4, -0.2) is 33.1 Å². The van der Waals surface area contributed by atoms with Crippen molar-refractivity contribution in [2.75, 3.05) is 16.8 Å². The first-order chi connectivity index (χ1) is 15.2. The smallest absolute Gasteiger partial charge is 0.317 e. The number of fused-ring (bicyclic) bond motifs is 1. The fourth-order valence-corrected chi connectivity index (χ4v) is 3.21. The minimum atomic E-state index is -4.56. The van der Waals surface area contributed by atoms with Crippen LogP contribution in [0.1, 0.15) is 32.7 Å². The topological polar surface area (TPSA) is 110 Å². The summed E-state index contributed by atoms with van der Waals surface area (Å²) in [4.78, 5) is 41.5. The van der Waals surface area contributed by atoms with Crippen LogP contribution in [0.2, 0.25) is 0 Å². The molecule has 0 fully saturated rings. The number of pyridine rings is 1. The Morgan fingerprint density at radius 2 is 1.91 bits per heavy atom. The second-order valence-electron chi connectivity index (χ2n) is 6.69. The molecule has 13 heteroatoms. The number of nitroso groups, excluding NO2 is 1. The molecule has 9 nitrogen and oxygen atoms in total. The largest absolute Gasteiger partial charge is 0.416 e. The molecule has 164 valence electrons. The van der Waals surface area contributed by atoms with Gasteiger partial charge in [0.15, 0.2) is 17.2 Å². The highest BCUT2D eigenvalue weighted by Gasteiger charge is 2.37. The Morgan fingerprint density at radius 3 is 2.53 bits per heavy atom. The normalized spacial score (nSPS) is 15.9. The van der Waals surface area contributed by atoms with Crippen LogP contribution >= 0.6 is 0 Å². The minimum Gasteiger partial charge on any atom is -0.317 e. The lowest BCUT2D eigenvalue weighted by Crippen LogP contribution is -2.43. The molecule has 1 N–H and O–H groups in total. The molecule has 0 spiro atoms. The maximum absolute atomic E-state index is 13.8. The Kier molecular flexibility index (Phi) is 5.16. The number of aromatic nitrogens is 3. The monoisotopic (exact) mass is 448 g/mol.